The van der Waals surface area contributed by atoms with E-state index in [1.165, 1.54) is 19.1 Å². The highest BCUT2D eigenvalue weighted by Crippen LogP contribution is 2.35. The van der Waals surface area contributed by atoms with Crippen LogP contribution in [0.25, 0.3) is 6.08 Å². The van der Waals surface area contributed by atoms with Crippen LogP contribution in [0.4, 0.5) is 5.69 Å². The Morgan fingerprint density at radius 1 is 0.931 bits per heavy atom. The first kappa shape index (κ1) is 20.5. The second-order valence-electron chi connectivity index (χ2n) is 6.24. The number of methoxy groups -OCH3 is 2. The van der Waals surface area contributed by atoms with Gasteiger partial charge in [0.1, 0.15) is 0 Å². The fraction of sp³-hybridized carbons (Fsp3) is 0.136. The van der Waals surface area contributed by atoms with E-state index in [9.17, 15) is 14.4 Å². The minimum absolute atomic E-state index is 0.206. The number of anilines is 1. The van der Waals surface area contributed by atoms with E-state index in [0.29, 0.717) is 16.9 Å². The molecule has 0 aliphatic carbocycles. The number of nitrogens with zero attached hydrogens (tertiary/aromatic N) is 1. The molecule has 1 aliphatic heterocycles. The van der Waals surface area contributed by atoms with Crippen LogP contribution in [-0.4, -0.2) is 32.1 Å². The molecule has 0 spiro atoms. The van der Waals surface area contributed by atoms with Gasteiger partial charge < -0.3 is 9.47 Å². The molecule has 0 unspecified atom stereocenters. The number of esters is 2. The molecule has 1 aliphatic rings. The molecule has 0 aromatic heterocycles. The molecule has 0 radical (unpaired) electrons. The molecule has 0 saturated carbocycles. The summed E-state index contributed by atoms with van der Waals surface area (Å²) in [5.41, 5.74) is 2.57. The Morgan fingerprint density at radius 3 is 2.07 bits per heavy atom. The van der Waals surface area contributed by atoms with Gasteiger partial charge in [0.2, 0.25) is 0 Å². The van der Waals surface area contributed by atoms with Crippen LogP contribution in [0, 0.1) is 0 Å². The Labute approximate surface area is 176 Å². The lowest BCUT2D eigenvalue weighted by Crippen LogP contribution is -2.24. The molecule has 0 saturated heterocycles. The van der Waals surface area contributed by atoms with Crippen LogP contribution in [0.15, 0.2) is 69.8 Å². The van der Waals surface area contributed by atoms with Gasteiger partial charge in [-0.1, -0.05) is 28.1 Å². The van der Waals surface area contributed by atoms with Gasteiger partial charge in [0.05, 0.1) is 30.9 Å². The van der Waals surface area contributed by atoms with E-state index in [2.05, 4.69) is 15.9 Å². The molecule has 3 rings (SSSR count). The highest BCUT2D eigenvalue weighted by atomic mass is 79.9. The summed E-state index contributed by atoms with van der Waals surface area (Å²) >= 11 is 3.37. The van der Waals surface area contributed by atoms with Gasteiger partial charge in [0.15, 0.2) is 0 Å². The van der Waals surface area contributed by atoms with E-state index < -0.39 is 11.9 Å². The number of halogens is 1. The lowest BCUT2D eigenvalue weighted by atomic mass is 10.0. The van der Waals surface area contributed by atoms with Crippen molar-refractivity contribution >= 4 is 45.5 Å². The van der Waals surface area contributed by atoms with Crippen LogP contribution in [0.1, 0.15) is 22.8 Å². The van der Waals surface area contributed by atoms with Crippen LogP contribution < -0.4 is 4.90 Å². The number of hydrogen-bond acceptors (Lipinski definition) is 5. The zero-order valence-electron chi connectivity index (χ0n) is 16.1. The summed E-state index contributed by atoms with van der Waals surface area (Å²) in [5.74, 6) is -1.41. The van der Waals surface area contributed by atoms with Crippen LogP contribution in [-0.2, 0) is 19.1 Å². The van der Waals surface area contributed by atoms with Crippen molar-refractivity contribution in [2.24, 2.45) is 0 Å². The van der Waals surface area contributed by atoms with Gasteiger partial charge in [-0.3, -0.25) is 9.69 Å². The Morgan fingerprint density at radius 2 is 1.52 bits per heavy atom. The monoisotopic (exact) mass is 455 g/mol. The number of carbonyl (C=O) groups excluding carboxylic acids is 3. The average molecular weight is 456 g/mol. The number of rotatable bonds is 4. The third-order valence-corrected chi connectivity index (χ3v) is 5.05. The molecule has 148 valence electrons. The van der Waals surface area contributed by atoms with Gasteiger partial charge in [0, 0.05) is 15.9 Å². The molecule has 1 heterocycles. The third kappa shape index (κ3) is 4.00. The molecular weight excluding hydrogens is 438 g/mol. The number of ether oxygens (including phenoxy) is 2. The van der Waals surface area contributed by atoms with E-state index in [4.69, 9.17) is 9.47 Å². The highest BCUT2D eigenvalue weighted by molar-refractivity contribution is 9.10. The van der Waals surface area contributed by atoms with Crippen molar-refractivity contribution < 1.29 is 23.9 Å². The van der Waals surface area contributed by atoms with Crippen molar-refractivity contribution in [2.45, 2.75) is 6.92 Å². The SMILES string of the molecule is COC(=O)C1=C(C)N(c2ccc(C(=O)OC)cc2)C(=O)/C1=C\c1ccc(Br)cc1. The Hall–Kier alpha value is -3.19. The van der Waals surface area contributed by atoms with E-state index in [-0.39, 0.29) is 17.1 Å². The molecule has 0 bridgehead atoms. The molecule has 0 fully saturated rings. The minimum Gasteiger partial charge on any atom is -0.465 e. The van der Waals surface area contributed by atoms with Crippen molar-refractivity contribution in [3.63, 3.8) is 0 Å². The summed E-state index contributed by atoms with van der Waals surface area (Å²) in [7, 11) is 2.58. The second-order valence-corrected chi connectivity index (χ2v) is 7.16. The molecule has 1 amide bonds. The summed E-state index contributed by atoms with van der Waals surface area (Å²) in [6.45, 7) is 1.68. The average Bonchev–Trinajstić information content (AvgIpc) is 2.98. The largest absolute Gasteiger partial charge is 0.465 e. The molecule has 0 atom stereocenters. The van der Waals surface area contributed by atoms with Crippen LogP contribution >= 0.6 is 15.9 Å². The quantitative estimate of drug-likeness (QED) is 0.512. The van der Waals surface area contributed by atoms with Gasteiger partial charge in [-0.05, 0) is 55.0 Å². The smallest absolute Gasteiger partial charge is 0.340 e. The maximum Gasteiger partial charge on any atom is 0.340 e. The minimum atomic E-state index is -0.590. The summed E-state index contributed by atoms with van der Waals surface area (Å²) < 4.78 is 10.5. The second kappa shape index (κ2) is 8.45. The standard InChI is InChI=1S/C22H18BrNO5/c1-13-19(22(27)29-3)18(12-14-4-8-16(23)9-5-14)20(25)24(13)17-10-6-15(7-11-17)21(26)28-2/h4-12H,1-3H3/b18-12-. The predicted octanol–water partition coefficient (Wildman–Crippen LogP) is 4.11. The molecule has 2 aromatic rings. The van der Waals surface area contributed by atoms with E-state index in [1.54, 1.807) is 37.3 Å². The van der Waals surface area contributed by atoms with Crippen LogP contribution in [0.2, 0.25) is 0 Å². The number of allylic oxidation sites excluding steroid dienone is 1. The van der Waals surface area contributed by atoms with Crippen molar-refractivity contribution in [3.05, 3.63) is 81.0 Å². The van der Waals surface area contributed by atoms with Crippen LogP contribution in [0.5, 0.6) is 0 Å². The van der Waals surface area contributed by atoms with Crippen molar-refractivity contribution in [3.8, 4) is 0 Å². The fourth-order valence-electron chi connectivity index (χ4n) is 3.08. The van der Waals surface area contributed by atoms with Crippen molar-refractivity contribution in [1.82, 2.24) is 0 Å². The van der Waals surface area contributed by atoms with E-state index in [0.717, 1.165) is 10.0 Å². The summed E-state index contributed by atoms with van der Waals surface area (Å²) in [6.07, 6.45) is 1.66. The van der Waals surface area contributed by atoms with Crippen molar-refractivity contribution in [2.75, 3.05) is 19.1 Å². The van der Waals surface area contributed by atoms with Crippen LogP contribution in [0.3, 0.4) is 0 Å². The van der Waals surface area contributed by atoms with E-state index >= 15 is 0 Å². The Bertz CT molecular complexity index is 1040. The molecule has 29 heavy (non-hydrogen) atoms. The maximum atomic E-state index is 13.2. The number of carbonyl (C=O) groups is 3. The predicted molar refractivity (Wildman–Crippen MR) is 112 cm³/mol. The van der Waals surface area contributed by atoms with Gasteiger partial charge in [-0.25, -0.2) is 9.59 Å². The number of benzene rings is 2. The molecule has 6 nitrogen and oxygen atoms in total. The first-order valence-corrected chi connectivity index (χ1v) is 9.46. The molecule has 7 heteroatoms. The first-order chi connectivity index (χ1) is 13.9. The normalized spacial score (nSPS) is 15.1. The molecule has 0 N–H and O–H groups in total. The zero-order valence-corrected chi connectivity index (χ0v) is 17.6. The highest BCUT2D eigenvalue weighted by Gasteiger charge is 2.37. The van der Waals surface area contributed by atoms with E-state index in [1.807, 2.05) is 24.3 Å². The number of hydrogen-bond donors (Lipinski definition) is 0. The molecular formula is C22H18BrNO5. The zero-order chi connectivity index (χ0) is 21.1. The summed E-state index contributed by atoms with van der Waals surface area (Å²) in [4.78, 5) is 38.7. The lowest BCUT2D eigenvalue weighted by molar-refractivity contribution is -0.136. The van der Waals surface area contributed by atoms with Gasteiger partial charge in [-0.2, -0.15) is 0 Å². The maximum absolute atomic E-state index is 13.2. The van der Waals surface area contributed by atoms with Gasteiger partial charge >= 0.3 is 11.9 Å². The fourth-order valence-corrected chi connectivity index (χ4v) is 3.35. The number of amides is 1. The van der Waals surface area contributed by atoms with Gasteiger partial charge in [0.25, 0.3) is 5.91 Å². The summed E-state index contributed by atoms with van der Waals surface area (Å²) in [5, 5.41) is 0. The van der Waals surface area contributed by atoms with Gasteiger partial charge in [-0.15, -0.1) is 0 Å². The lowest BCUT2D eigenvalue weighted by Gasteiger charge is -2.18. The topological polar surface area (TPSA) is 72.9 Å². The third-order valence-electron chi connectivity index (χ3n) is 4.52. The van der Waals surface area contributed by atoms with Crippen molar-refractivity contribution in [1.29, 1.82) is 0 Å². The molecule has 2 aromatic carbocycles. The first-order valence-electron chi connectivity index (χ1n) is 8.67. The Kier molecular flexibility index (Phi) is 5.98. The summed E-state index contributed by atoms with van der Waals surface area (Å²) in [6, 6.07) is 13.8. The Balaban J connectivity index is 2.06.